The van der Waals surface area contributed by atoms with Gasteiger partial charge in [-0.1, -0.05) is 32.6 Å². The fourth-order valence-electron chi connectivity index (χ4n) is 9.03. The average molecular weight is 907 g/mol. The molecule has 0 unspecified atom stereocenters. The summed E-state index contributed by atoms with van der Waals surface area (Å²) in [6.45, 7) is 32.7. The summed E-state index contributed by atoms with van der Waals surface area (Å²) in [4.78, 5) is 13.1. The van der Waals surface area contributed by atoms with Crippen molar-refractivity contribution in [3.05, 3.63) is 0 Å². The van der Waals surface area contributed by atoms with Gasteiger partial charge in [0.2, 0.25) is 0 Å². The maximum atomic E-state index is 6.18. The van der Waals surface area contributed by atoms with Crippen molar-refractivity contribution in [2.45, 2.75) is 108 Å². The monoisotopic (exact) mass is 907 g/mol. The van der Waals surface area contributed by atoms with Crippen LogP contribution in [0.4, 0.5) is 0 Å². The number of hydrogen-bond donors (Lipinski definition) is 10. The number of rotatable bonds is 47. The molecule has 0 aliphatic heterocycles. The van der Waals surface area contributed by atoms with Crippen LogP contribution in [-0.2, 0) is 0 Å². The molecule has 0 radical (unpaired) electrons. The zero-order valence-electron chi connectivity index (χ0n) is 42.1. The summed E-state index contributed by atoms with van der Waals surface area (Å²) in [6, 6.07) is 3.06. The van der Waals surface area contributed by atoms with Gasteiger partial charge in [0, 0.05) is 207 Å². The first kappa shape index (κ1) is 56.0. The van der Waals surface area contributed by atoms with E-state index in [2.05, 4.69) is 98.5 Å². The van der Waals surface area contributed by atoms with Crippen LogP contribution >= 0.6 is 0 Å². The summed E-state index contributed by atoms with van der Waals surface area (Å²) in [7, 11) is 4.36. The molecule has 0 aromatic carbocycles. The summed E-state index contributed by atoms with van der Waals surface area (Å²) in [5.74, 6) is 0. The van der Waals surface area contributed by atoms with E-state index in [4.69, 9.17) is 5.73 Å². The Morgan fingerprint density at radius 3 is 1.36 bits per heavy atom. The summed E-state index contributed by atoms with van der Waals surface area (Å²) >= 11 is 0. The van der Waals surface area contributed by atoms with Crippen molar-refractivity contribution < 1.29 is 0 Å². The van der Waals surface area contributed by atoms with Crippen molar-refractivity contribution in [3.8, 4) is 0 Å². The lowest BCUT2D eigenvalue weighted by molar-refractivity contribution is 0.128. The molecule has 4 rings (SSSR count). The van der Waals surface area contributed by atoms with Gasteiger partial charge in [0.05, 0.1) is 0 Å². The highest BCUT2D eigenvalue weighted by Gasteiger charge is 2.24. The van der Waals surface area contributed by atoms with Gasteiger partial charge >= 0.3 is 0 Å². The van der Waals surface area contributed by atoms with Crippen LogP contribution in [0.2, 0.25) is 0 Å². The molecule has 0 saturated heterocycles. The van der Waals surface area contributed by atoms with E-state index in [0.717, 1.165) is 201 Å². The van der Waals surface area contributed by atoms with Crippen LogP contribution in [0, 0.1) is 0 Å². The van der Waals surface area contributed by atoms with Crippen molar-refractivity contribution in [2.75, 3.05) is 204 Å². The fraction of sp³-hybridized carbons (Fsp3) is 1.00. The third kappa shape index (κ3) is 26.2. The van der Waals surface area contributed by atoms with E-state index in [9.17, 15) is 0 Å². The lowest BCUT2D eigenvalue weighted by Crippen LogP contribution is -2.49. The Labute approximate surface area is 394 Å². The molecule has 11 N–H and O–H groups in total. The molecule has 16 nitrogen and oxygen atoms in total. The quantitative estimate of drug-likeness (QED) is 0.0281. The van der Waals surface area contributed by atoms with Crippen LogP contribution < -0.4 is 53.7 Å². The second-order valence-corrected chi connectivity index (χ2v) is 19.5. The maximum Gasteiger partial charge on any atom is 0.0259 e. The fourth-order valence-corrected chi connectivity index (χ4v) is 9.03. The summed E-state index contributed by atoms with van der Waals surface area (Å²) in [6.07, 6.45) is 16.4. The first-order valence-electron chi connectivity index (χ1n) is 27.0. The number of nitrogens with one attached hydrogen (secondary N) is 9. The van der Waals surface area contributed by atoms with Gasteiger partial charge in [-0.3, -0.25) is 25.0 Å². The van der Waals surface area contributed by atoms with Crippen molar-refractivity contribution in [2.24, 2.45) is 5.73 Å². The van der Waals surface area contributed by atoms with Gasteiger partial charge in [0.25, 0.3) is 0 Å². The molecule has 16 heteroatoms. The molecule has 0 heterocycles. The molecule has 4 aliphatic carbocycles. The Hall–Kier alpha value is -0.640. The minimum atomic E-state index is 0.706. The first-order valence-corrected chi connectivity index (χ1v) is 27.0. The number of hydrazine groups is 1. The zero-order valence-corrected chi connectivity index (χ0v) is 42.1. The van der Waals surface area contributed by atoms with Crippen molar-refractivity contribution in [1.29, 1.82) is 0 Å². The van der Waals surface area contributed by atoms with Gasteiger partial charge < -0.3 is 53.2 Å². The normalized spacial score (nSPS) is 17.7. The molecule has 0 atom stereocenters. The molecule has 64 heavy (non-hydrogen) atoms. The predicted octanol–water partition coefficient (Wildman–Crippen LogP) is -0.532. The lowest BCUT2D eigenvalue weighted by Gasteiger charge is -2.37. The summed E-state index contributed by atoms with van der Waals surface area (Å²) in [5.41, 5.74) is 9.64. The molecular formula is C48H106N16. The van der Waals surface area contributed by atoms with Crippen molar-refractivity contribution >= 4 is 0 Å². The van der Waals surface area contributed by atoms with Crippen LogP contribution in [0.5, 0.6) is 0 Å². The van der Waals surface area contributed by atoms with Gasteiger partial charge in [-0.15, -0.1) is 0 Å². The minimum absolute atomic E-state index is 0.706. The molecule has 0 aromatic heterocycles. The highest BCUT2D eigenvalue weighted by atomic mass is 15.5. The molecule has 4 aliphatic rings. The second-order valence-electron chi connectivity index (χ2n) is 19.5. The molecule has 378 valence electrons. The van der Waals surface area contributed by atoms with Gasteiger partial charge in [-0.2, -0.15) is 0 Å². The van der Waals surface area contributed by atoms with E-state index in [1.165, 1.54) is 83.6 Å². The van der Waals surface area contributed by atoms with Crippen LogP contribution in [0.1, 0.15) is 84.0 Å². The van der Waals surface area contributed by atoms with Crippen LogP contribution in [0.15, 0.2) is 0 Å². The van der Waals surface area contributed by atoms with E-state index < -0.39 is 0 Å². The minimum Gasteiger partial charge on any atom is -0.329 e. The molecule has 4 fully saturated rings. The van der Waals surface area contributed by atoms with Crippen molar-refractivity contribution in [1.82, 2.24) is 77.5 Å². The van der Waals surface area contributed by atoms with Crippen LogP contribution in [0.25, 0.3) is 0 Å². The van der Waals surface area contributed by atoms with E-state index in [1.807, 2.05) is 0 Å². The Morgan fingerprint density at radius 2 is 0.828 bits per heavy atom. The Morgan fingerprint density at radius 1 is 0.406 bits per heavy atom. The largest absolute Gasteiger partial charge is 0.329 e. The standard InChI is InChI=1S/C48H106N16/c1-4-51-26-36-63(48-15-8-16-48)37-27-55-25-34-61(40-39-59(3)31-22-53-19-18-52-20-21-56-45-9-5-10-45)33-24-54-23-32-60(30-17-49)41-42-62(35-28-57-46-11-6-12-46)43-44-64(50-2)38-29-58-47-13-7-14-47/h45-48,50-58H,4-44,49H2,1-3H3. The SMILES string of the molecule is CCNCCN(CCNCCN(CCNCCN(CCN)CCN(CCNC1CCC1)CCN(CCNC1CCC1)NC)CCN(C)CCNCCNCCNC1CCC1)C1CCC1. The van der Waals surface area contributed by atoms with E-state index in [1.54, 1.807) is 0 Å². The number of likely N-dealkylation sites (N-methyl/N-ethyl adjacent to an activating group) is 2. The van der Waals surface area contributed by atoms with E-state index >= 15 is 0 Å². The summed E-state index contributed by atoms with van der Waals surface area (Å²) in [5, 5.41) is 32.0. The van der Waals surface area contributed by atoms with Crippen LogP contribution in [-0.4, -0.2) is 258 Å². The molecule has 4 saturated carbocycles. The highest BCUT2D eigenvalue weighted by Crippen LogP contribution is 2.24. The summed E-state index contributed by atoms with van der Waals surface area (Å²) < 4.78 is 0. The second kappa shape index (κ2) is 37.3. The molecule has 0 bridgehead atoms. The van der Waals surface area contributed by atoms with Gasteiger partial charge in [0.15, 0.2) is 0 Å². The predicted molar refractivity (Wildman–Crippen MR) is 273 cm³/mol. The third-order valence-electron chi connectivity index (χ3n) is 14.7. The Kier molecular flexibility index (Phi) is 32.6. The molecule has 0 aromatic rings. The van der Waals surface area contributed by atoms with Gasteiger partial charge in [-0.25, -0.2) is 5.01 Å². The molecule has 0 spiro atoms. The van der Waals surface area contributed by atoms with Gasteiger partial charge in [0.1, 0.15) is 0 Å². The van der Waals surface area contributed by atoms with Gasteiger partial charge in [-0.05, 0) is 72.0 Å². The smallest absolute Gasteiger partial charge is 0.0259 e. The molecule has 0 amide bonds. The number of nitrogens with zero attached hydrogens (tertiary/aromatic N) is 6. The Balaban J connectivity index is 1.14. The van der Waals surface area contributed by atoms with E-state index in [-0.39, 0.29) is 0 Å². The molecular weight excluding hydrogens is 801 g/mol. The third-order valence-corrected chi connectivity index (χ3v) is 14.7. The average Bonchev–Trinajstić information content (AvgIpc) is 3.22. The Bertz CT molecular complexity index is 1050. The topological polar surface area (TPSA) is 154 Å². The lowest BCUT2D eigenvalue weighted by atomic mass is 9.91. The highest BCUT2D eigenvalue weighted by molar-refractivity contribution is 4.82. The first-order chi connectivity index (χ1) is 31.6. The van der Waals surface area contributed by atoms with Crippen LogP contribution in [0.3, 0.4) is 0 Å². The number of nitrogens with two attached hydrogens (primary N) is 1. The number of hydrogen-bond acceptors (Lipinski definition) is 16. The maximum absolute atomic E-state index is 6.18. The van der Waals surface area contributed by atoms with E-state index in [0.29, 0.717) is 6.54 Å². The zero-order chi connectivity index (χ0) is 45.1. The van der Waals surface area contributed by atoms with Crippen molar-refractivity contribution in [3.63, 3.8) is 0 Å².